The number of halogens is 1. The van der Waals surface area contributed by atoms with E-state index in [0.717, 1.165) is 24.7 Å². The molecular weight excluding hydrogens is 224 g/mol. The first-order valence-electron chi connectivity index (χ1n) is 5.42. The second-order valence-electron chi connectivity index (χ2n) is 4.32. The van der Waals surface area contributed by atoms with Gasteiger partial charge in [-0.15, -0.1) is 0 Å². The summed E-state index contributed by atoms with van der Waals surface area (Å²) in [5.41, 5.74) is 0. The van der Waals surface area contributed by atoms with Gasteiger partial charge in [0.1, 0.15) is 16.8 Å². The average molecular weight is 243 g/mol. The zero-order valence-electron chi connectivity index (χ0n) is 10.3. The lowest BCUT2D eigenvalue weighted by atomic mass is 10.2. The second-order valence-corrected chi connectivity index (χ2v) is 4.71. The Balaban J connectivity index is 2.65. The summed E-state index contributed by atoms with van der Waals surface area (Å²) in [6.07, 6.45) is 0. The number of hydrogen-bond donors (Lipinski definition) is 1. The molecule has 1 aromatic heterocycles. The Kier molecular flexibility index (Phi) is 4.96. The first-order chi connectivity index (χ1) is 7.49. The molecule has 0 spiro atoms. The largest absolute Gasteiger partial charge is 0.369 e. The van der Waals surface area contributed by atoms with Gasteiger partial charge >= 0.3 is 0 Å². The molecule has 0 aliphatic carbocycles. The highest BCUT2D eigenvalue weighted by Crippen LogP contribution is 2.16. The Morgan fingerprint density at radius 2 is 2.06 bits per heavy atom. The molecule has 0 atom stereocenters. The van der Waals surface area contributed by atoms with E-state index in [2.05, 4.69) is 34.0 Å². The van der Waals surface area contributed by atoms with Gasteiger partial charge < -0.3 is 10.2 Å². The van der Waals surface area contributed by atoms with E-state index in [0.29, 0.717) is 5.15 Å². The molecule has 1 rings (SSSR count). The predicted octanol–water partition coefficient (Wildman–Crippen LogP) is 2.23. The molecule has 0 aliphatic rings. The van der Waals surface area contributed by atoms with E-state index in [4.69, 9.17) is 11.6 Å². The van der Waals surface area contributed by atoms with Crippen LogP contribution in [0.2, 0.25) is 5.15 Å². The van der Waals surface area contributed by atoms with Crippen molar-refractivity contribution in [2.75, 3.05) is 32.5 Å². The van der Waals surface area contributed by atoms with Gasteiger partial charge in [0.25, 0.3) is 0 Å². The maximum Gasteiger partial charge on any atom is 0.135 e. The maximum atomic E-state index is 5.93. The lowest BCUT2D eigenvalue weighted by molar-refractivity contribution is 0.425. The monoisotopic (exact) mass is 242 g/mol. The molecule has 1 heterocycles. The molecule has 0 bridgehead atoms. The van der Waals surface area contributed by atoms with E-state index in [-0.39, 0.29) is 5.92 Å². The van der Waals surface area contributed by atoms with Crippen LogP contribution in [0.4, 0.5) is 5.82 Å². The first kappa shape index (κ1) is 13.2. The van der Waals surface area contributed by atoms with Gasteiger partial charge in [-0.2, -0.15) is 0 Å². The minimum absolute atomic E-state index is 0.285. The predicted molar refractivity (Wildman–Crippen MR) is 68.2 cm³/mol. The van der Waals surface area contributed by atoms with Crippen molar-refractivity contribution in [3.05, 3.63) is 17.0 Å². The zero-order valence-corrected chi connectivity index (χ0v) is 11.0. The molecule has 90 valence electrons. The van der Waals surface area contributed by atoms with Crippen LogP contribution < -0.4 is 5.32 Å². The standard InChI is InChI=1S/C11H19ClN4/c1-8(2)11-14-9(12)7-10(15-11)13-5-6-16(3)4/h7-8H,5-6H2,1-4H3,(H,13,14,15). The summed E-state index contributed by atoms with van der Waals surface area (Å²) in [6, 6.07) is 1.75. The van der Waals surface area contributed by atoms with E-state index in [9.17, 15) is 0 Å². The van der Waals surface area contributed by atoms with Crippen molar-refractivity contribution in [2.24, 2.45) is 0 Å². The van der Waals surface area contributed by atoms with Crippen LogP contribution >= 0.6 is 11.6 Å². The Labute approximate surface area is 102 Å². The number of nitrogens with one attached hydrogen (secondary N) is 1. The summed E-state index contributed by atoms with van der Waals surface area (Å²) in [6.45, 7) is 5.90. The molecule has 0 unspecified atom stereocenters. The van der Waals surface area contributed by atoms with Crippen LogP contribution in [0.3, 0.4) is 0 Å². The number of anilines is 1. The van der Waals surface area contributed by atoms with Crippen LogP contribution in [0.25, 0.3) is 0 Å². The quantitative estimate of drug-likeness (QED) is 0.804. The molecule has 0 amide bonds. The summed E-state index contributed by atoms with van der Waals surface area (Å²) in [4.78, 5) is 10.7. The molecule has 0 saturated carbocycles. The van der Waals surface area contributed by atoms with E-state index < -0.39 is 0 Å². The van der Waals surface area contributed by atoms with Gasteiger partial charge in [0, 0.05) is 25.1 Å². The van der Waals surface area contributed by atoms with Crippen molar-refractivity contribution in [3.63, 3.8) is 0 Å². The number of hydrogen-bond acceptors (Lipinski definition) is 4. The third-order valence-electron chi connectivity index (χ3n) is 2.09. The Morgan fingerprint density at radius 1 is 1.38 bits per heavy atom. The number of rotatable bonds is 5. The summed E-state index contributed by atoms with van der Waals surface area (Å²) >= 11 is 5.93. The van der Waals surface area contributed by atoms with Gasteiger partial charge in [0.2, 0.25) is 0 Å². The van der Waals surface area contributed by atoms with Gasteiger partial charge in [0.05, 0.1) is 0 Å². The van der Waals surface area contributed by atoms with Gasteiger partial charge in [-0.05, 0) is 14.1 Å². The Hall–Kier alpha value is -0.870. The van der Waals surface area contributed by atoms with Crippen LogP contribution in [-0.2, 0) is 0 Å². The van der Waals surface area contributed by atoms with Crippen molar-refractivity contribution in [1.82, 2.24) is 14.9 Å². The van der Waals surface area contributed by atoms with Crippen LogP contribution in [0, 0.1) is 0 Å². The lowest BCUT2D eigenvalue weighted by Gasteiger charge is -2.12. The van der Waals surface area contributed by atoms with Crippen LogP contribution in [0.1, 0.15) is 25.6 Å². The van der Waals surface area contributed by atoms with E-state index >= 15 is 0 Å². The van der Waals surface area contributed by atoms with Crippen molar-refractivity contribution in [1.29, 1.82) is 0 Å². The first-order valence-corrected chi connectivity index (χ1v) is 5.80. The normalized spacial score (nSPS) is 11.2. The van der Waals surface area contributed by atoms with Crippen LogP contribution in [0.5, 0.6) is 0 Å². The average Bonchev–Trinajstić information content (AvgIpc) is 2.16. The van der Waals surface area contributed by atoms with Gasteiger partial charge in [-0.25, -0.2) is 9.97 Å². The molecule has 0 saturated heterocycles. The third kappa shape index (κ3) is 4.33. The Morgan fingerprint density at radius 3 is 2.62 bits per heavy atom. The molecule has 16 heavy (non-hydrogen) atoms. The third-order valence-corrected chi connectivity index (χ3v) is 2.29. The summed E-state index contributed by atoms with van der Waals surface area (Å²) < 4.78 is 0. The molecule has 0 fully saturated rings. The van der Waals surface area contributed by atoms with E-state index in [1.807, 2.05) is 14.1 Å². The van der Waals surface area contributed by atoms with Crippen molar-refractivity contribution in [2.45, 2.75) is 19.8 Å². The molecule has 5 heteroatoms. The van der Waals surface area contributed by atoms with Crippen molar-refractivity contribution in [3.8, 4) is 0 Å². The highest BCUT2D eigenvalue weighted by atomic mass is 35.5. The fourth-order valence-electron chi connectivity index (χ4n) is 1.19. The second kappa shape index (κ2) is 6.01. The number of nitrogens with zero attached hydrogens (tertiary/aromatic N) is 3. The molecule has 1 aromatic rings. The van der Waals surface area contributed by atoms with Crippen molar-refractivity contribution < 1.29 is 0 Å². The fraction of sp³-hybridized carbons (Fsp3) is 0.636. The molecule has 0 radical (unpaired) electrons. The minimum Gasteiger partial charge on any atom is -0.369 e. The summed E-state index contributed by atoms with van der Waals surface area (Å²) in [7, 11) is 4.07. The van der Waals surface area contributed by atoms with Gasteiger partial charge in [-0.3, -0.25) is 0 Å². The maximum absolute atomic E-state index is 5.93. The highest BCUT2D eigenvalue weighted by Gasteiger charge is 2.06. The van der Waals surface area contributed by atoms with Crippen molar-refractivity contribution >= 4 is 17.4 Å². The molecule has 1 N–H and O–H groups in total. The van der Waals surface area contributed by atoms with E-state index in [1.165, 1.54) is 0 Å². The fourth-order valence-corrected chi connectivity index (χ4v) is 1.38. The number of aromatic nitrogens is 2. The number of likely N-dealkylation sites (N-methyl/N-ethyl adjacent to an activating group) is 1. The summed E-state index contributed by atoms with van der Waals surface area (Å²) in [5.74, 6) is 1.86. The minimum atomic E-state index is 0.285. The lowest BCUT2D eigenvalue weighted by Crippen LogP contribution is -2.21. The van der Waals surface area contributed by atoms with E-state index in [1.54, 1.807) is 6.07 Å². The van der Waals surface area contributed by atoms with Gasteiger partial charge in [0.15, 0.2) is 0 Å². The SMILES string of the molecule is CC(C)c1nc(Cl)cc(NCCN(C)C)n1. The molecule has 0 aliphatic heterocycles. The molecule has 4 nitrogen and oxygen atoms in total. The van der Waals surface area contributed by atoms with Crippen LogP contribution in [0.15, 0.2) is 6.07 Å². The summed E-state index contributed by atoms with van der Waals surface area (Å²) in [5, 5.41) is 3.73. The zero-order chi connectivity index (χ0) is 12.1. The van der Waals surface area contributed by atoms with Crippen LogP contribution in [-0.4, -0.2) is 42.1 Å². The molecule has 0 aromatic carbocycles. The smallest absolute Gasteiger partial charge is 0.135 e. The Bertz CT molecular complexity index is 339. The molecular formula is C11H19ClN4. The highest BCUT2D eigenvalue weighted by molar-refractivity contribution is 6.29. The van der Waals surface area contributed by atoms with Gasteiger partial charge in [-0.1, -0.05) is 25.4 Å². The topological polar surface area (TPSA) is 41.1 Å².